The van der Waals surface area contributed by atoms with Crippen LogP contribution in [0.3, 0.4) is 0 Å². The molecule has 0 fully saturated rings. The van der Waals surface area contributed by atoms with Gasteiger partial charge in [-0.05, 0) is 37.6 Å². The summed E-state index contributed by atoms with van der Waals surface area (Å²) >= 11 is 0. The van der Waals surface area contributed by atoms with E-state index in [1.807, 2.05) is 12.1 Å². The molecule has 0 heterocycles. The first kappa shape index (κ1) is 16.8. The van der Waals surface area contributed by atoms with E-state index in [1.165, 1.54) is 24.8 Å². The van der Waals surface area contributed by atoms with E-state index in [4.69, 9.17) is 9.47 Å². The van der Waals surface area contributed by atoms with E-state index in [0.29, 0.717) is 6.04 Å². The van der Waals surface area contributed by atoms with Gasteiger partial charge in [0.2, 0.25) is 0 Å². The molecule has 1 N–H and O–H groups in total. The molecule has 1 rings (SSSR count). The third-order valence-electron chi connectivity index (χ3n) is 3.55. The van der Waals surface area contributed by atoms with Gasteiger partial charge in [-0.2, -0.15) is 0 Å². The molecule has 3 nitrogen and oxygen atoms in total. The molecular formula is C17H29NO2. The zero-order valence-corrected chi connectivity index (χ0v) is 13.4. The SMILES string of the molecule is CCCCCC(NCCC)c1cc(OC)ccc1OC. The zero-order valence-electron chi connectivity index (χ0n) is 13.4. The van der Waals surface area contributed by atoms with Crippen molar-refractivity contribution in [2.24, 2.45) is 0 Å². The molecule has 0 spiro atoms. The van der Waals surface area contributed by atoms with Gasteiger partial charge < -0.3 is 14.8 Å². The second kappa shape index (κ2) is 9.65. The van der Waals surface area contributed by atoms with E-state index < -0.39 is 0 Å². The second-order valence-electron chi connectivity index (χ2n) is 5.11. The summed E-state index contributed by atoms with van der Waals surface area (Å²) in [5.41, 5.74) is 1.21. The van der Waals surface area contributed by atoms with Gasteiger partial charge in [0.05, 0.1) is 14.2 Å². The molecule has 0 aliphatic heterocycles. The summed E-state index contributed by atoms with van der Waals surface area (Å²) in [6, 6.07) is 6.38. The third kappa shape index (κ3) is 5.04. The fourth-order valence-corrected chi connectivity index (χ4v) is 2.40. The number of methoxy groups -OCH3 is 2. The highest BCUT2D eigenvalue weighted by atomic mass is 16.5. The first-order chi connectivity index (χ1) is 9.76. The van der Waals surface area contributed by atoms with E-state index >= 15 is 0 Å². The van der Waals surface area contributed by atoms with Gasteiger partial charge in [-0.3, -0.25) is 0 Å². The number of unbranched alkanes of at least 4 members (excludes halogenated alkanes) is 2. The highest BCUT2D eigenvalue weighted by molar-refractivity contribution is 5.42. The van der Waals surface area contributed by atoms with E-state index in [1.54, 1.807) is 14.2 Å². The number of nitrogens with one attached hydrogen (secondary N) is 1. The van der Waals surface area contributed by atoms with Gasteiger partial charge in [0, 0.05) is 11.6 Å². The zero-order chi connectivity index (χ0) is 14.8. The fourth-order valence-electron chi connectivity index (χ4n) is 2.40. The number of benzene rings is 1. The van der Waals surface area contributed by atoms with Crippen molar-refractivity contribution in [2.45, 2.75) is 52.0 Å². The summed E-state index contributed by atoms with van der Waals surface area (Å²) in [5, 5.41) is 3.64. The van der Waals surface area contributed by atoms with Crippen molar-refractivity contribution in [3.8, 4) is 11.5 Å². The average molecular weight is 279 g/mol. The van der Waals surface area contributed by atoms with Gasteiger partial charge in [0.15, 0.2) is 0 Å². The van der Waals surface area contributed by atoms with Crippen LogP contribution < -0.4 is 14.8 Å². The molecule has 1 atom stereocenters. The Hall–Kier alpha value is -1.22. The Morgan fingerprint density at radius 2 is 1.85 bits per heavy atom. The van der Waals surface area contributed by atoms with Crippen LogP contribution >= 0.6 is 0 Å². The van der Waals surface area contributed by atoms with Gasteiger partial charge in [-0.1, -0.05) is 33.1 Å². The van der Waals surface area contributed by atoms with Crippen LogP contribution in [0.15, 0.2) is 18.2 Å². The van der Waals surface area contributed by atoms with Crippen LogP contribution in [0, 0.1) is 0 Å². The maximum Gasteiger partial charge on any atom is 0.123 e. The van der Waals surface area contributed by atoms with E-state index in [0.717, 1.165) is 30.9 Å². The van der Waals surface area contributed by atoms with Crippen LogP contribution in [0.25, 0.3) is 0 Å². The molecule has 0 amide bonds. The molecule has 0 aliphatic rings. The third-order valence-corrected chi connectivity index (χ3v) is 3.55. The lowest BCUT2D eigenvalue weighted by atomic mass is 9.99. The van der Waals surface area contributed by atoms with Gasteiger partial charge in [-0.15, -0.1) is 0 Å². The Kier molecular flexibility index (Phi) is 8.12. The molecule has 0 aliphatic carbocycles. The molecule has 0 saturated heterocycles. The maximum atomic E-state index is 5.52. The lowest BCUT2D eigenvalue weighted by molar-refractivity contribution is 0.383. The topological polar surface area (TPSA) is 30.5 Å². The summed E-state index contributed by atoms with van der Waals surface area (Å²) in [7, 11) is 3.44. The number of rotatable bonds is 10. The lowest BCUT2D eigenvalue weighted by Crippen LogP contribution is -2.22. The maximum absolute atomic E-state index is 5.52. The Balaban J connectivity index is 2.90. The minimum Gasteiger partial charge on any atom is -0.497 e. The van der Waals surface area contributed by atoms with Crippen molar-refractivity contribution in [1.29, 1.82) is 0 Å². The number of hydrogen-bond donors (Lipinski definition) is 1. The molecule has 0 aromatic heterocycles. The molecule has 114 valence electrons. The highest BCUT2D eigenvalue weighted by Crippen LogP contribution is 2.32. The largest absolute Gasteiger partial charge is 0.497 e. The Morgan fingerprint density at radius 3 is 2.45 bits per heavy atom. The summed E-state index contributed by atoms with van der Waals surface area (Å²) < 4.78 is 10.9. The van der Waals surface area contributed by atoms with E-state index in [-0.39, 0.29) is 0 Å². The van der Waals surface area contributed by atoms with E-state index in [9.17, 15) is 0 Å². The van der Waals surface area contributed by atoms with E-state index in [2.05, 4.69) is 25.2 Å². The monoisotopic (exact) mass is 279 g/mol. The van der Waals surface area contributed by atoms with Crippen LogP contribution in [-0.4, -0.2) is 20.8 Å². The quantitative estimate of drug-likeness (QED) is 0.647. The second-order valence-corrected chi connectivity index (χ2v) is 5.11. The van der Waals surface area contributed by atoms with Crippen molar-refractivity contribution >= 4 is 0 Å². The summed E-state index contributed by atoms with van der Waals surface area (Å²) in [5.74, 6) is 1.83. The minimum absolute atomic E-state index is 0.339. The van der Waals surface area contributed by atoms with Crippen LogP contribution in [0.1, 0.15) is 57.6 Å². The average Bonchev–Trinajstić information content (AvgIpc) is 2.50. The number of ether oxygens (including phenoxy) is 2. The predicted octanol–water partition coefficient (Wildman–Crippen LogP) is 4.32. The number of hydrogen-bond acceptors (Lipinski definition) is 3. The predicted molar refractivity (Wildman–Crippen MR) is 84.7 cm³/mol. The van der Waals surface area contributed by atoms with Crippen molar-refractivity contribution in [1.82, 2.24) is 5.32 Å². The summed E-state index contributed by atoms with van der Waals surface area (Å²) in [6.07, 6.45) is 6.03. The normalized spacial score (nSPS) is 12.2. The Morgan fingerprint density at radius 1 is 1.05 bits per heavy atom. The van der Waals surface area contributed by atoms with Crippen LogP contribution in [0.2, 0.25) is 0 Å². The lowest BCUT2D eigenvalue weighted by Gasteiger charge is -2.22. The standard InChI is InChI=1S/C17H29NO2/c1-5-7-8-9-16(18-12-6-2)15-13-14(19-3)10-11-17(15)20-4/h10-11,13,16,18H,5-9,12H2,1-4H3. The molecule has 0 radical (unpaired) electrons. The molecule has 0 bridgehead atoms. The first-order valence-electron chi connectivity index (χ1n) is 7.72. The Labute approximate surface area is 123 Å². The molecule has 1 aromatic carbocycles. The molecule has 20 heavy (non-hydrogen) atoms. The molecule has 0 saturated carbocycles. The highest BCUT2D eigenvalue weighted by Gasteiger charge is 2.16. The summed E-state index contributed by atoms with van der Waals surface area (Å²) in [6.45, 7) is 5.46. The summed E-state index contributed by atoms with van der Waals surface area (Å²) in [4.78, 5) is 0. The molecule has 1 unspecified atom stereocenters. The molecule has 3 heteroatoms. The molecule has 1 aromatic rings. The van der Waals surface area contributed by atoms with Gasteiger partial charge in [-0.25, -0.2) is 0 Å². The van der Waals surface area contributed by atoms with Crippen LogP contribution in [0.4, 0.5) is 0 Å². The van der Waals surface area contributed by atoms with Crippen LogP contribution in [-0.2, 0) is 0 Å². The minimum atomic E-state index is 0.339. The van der Waals surface area contributed by atoms with Crippen molar-refractivity contribution < 1.29 is 9.47 Å². The van der Waals surface area contributed by atoms with Gasteiger partial charge >= 0.3 is 0 Å². The first-order valence-corrected chi connectivity index (χ1v) is 7.72. The molecular weight excluding hydrogens is 250 g/mol. The fraction of sp³-hybridized carbons (Fsp3) is 0.647. The van der Waals surface area contributed by atoms with Crippen molar-refractivity contribution in [3.05, 3.63) is 23.8 Å². The van der Waals surface area contributed by atoms with Crippen molar-refractivity contribution in [2.75, 3.05) is 20.8 Å². The van der Waals surface area contributed by atoms with Crippen LogP contribution in [0.5, 0.6) is 11.5 Å². The Bertz CT molecular complexity index is 379. The smallest absolute Gasteiger partial charge is 0.123 e. The van der Waals surface area contributed by atoms with Gasteiger partial charge in [0.25, 0.3) is 0 Å². The van der Waals surface area contributed by atoms with Crippen molar-refractivity contribution in [3.63, 3.8) is 0 Å². The van der Waals surface area contributed by atoms with Gasteiger partial charge in [0.1, 0.15) is 11.5 Å².